The fourth-order valence-electron chi connectivity index (χ4n) is 0.708. The Bertz CT molecular complexity index is 159. The van der Waals surface area contributed by atoms with E-state index in [0.717, 1.165) is 0 Å². The van der Waals surface area contributed by atoms with Gasteiger partial charge in [0.05, 0.1) is 19.3 Å². The van der Waals surface area contributed by atoms with Crippen LogP contribution in [-0.4, -0.2) is 38.9 Å². The van der Waals surface area contributed by atoms with Crippen molar-refractivity contribution in [2.45, 2.75) is 13.0 Å². The van der Waals surface area contributed by atoms with Gasteiger partial charge in [-0.2, -0.15) is 0 Å². The molecule has 4 nitrogen and oxygen atoms in total. The lowest BCUT2D eigenvalue weighted by Crippen LogP contribution is -2.31. The lowest BCUT2D eigenvalue weighted by Gasteiger charge is -2.12. The molecule has 0 aromatic heterocycles. The smallest absolute Gasteiger partial charge is 0.243 e. The van der Waals surface area contributed by atoms with Crippen molar-refractivity contribution in [3.8, 4) is 0 Å². The number of methoxy groups -OCH3 is 1. The molecule has 4 heteroatoms. The van der Waals surface area contributed by atoms with Gasteiger partial charge in [0.15, 0.2) is 0 Å². The van der Waals surface area contributed by atoms with Gasteiger partial charge in [0, 0.05) is 13.7 Å². The van der Waals surface area contributed by atoms with Crippen LogP contribution in [0.3, 0.4) is 0 Å². The molecule has 0 rings (SSSR count). The van der Waals surface area contributed by atoms with Crippen molar-refractivity contribution in [2.24, 2.45) is 0 Å². The molecule has 0 saturated heterocycles. The van der Waals surface area contributed by atoms with E-state index in [-0.39, 0.29) is 12.0 Å². The van der Waals surface area contributed by atoms with Gasteiger partial charge in [-0.1, -0.05) is 6.58 Å². The second-order valence-corrected chi connectivity index (χ2v) is 2.62. The van der Waals surface area contributed by atoms with Gasteiger partial charge in [0.25, 0.3) is 0 Å². The van der Waals surface area contributed by atoms with Crippen molar-refractivity contribution < 1.29 is 14.3 Å². The van der Waals surface area contributed by atoms with Crippen molar-refractivity contribution in [3.63, 3.8) is 0 Å². The maximum atomic E-state index is 10.7. The summed E-state index contributed by atoms with van der Waals surface area (Å²) in [5, 5.41) is 2.64. The zero-order valence-corrected chi connectivity index (χ0v) is 8.21. The van der Waals surface area contributed by atoms with Gasteiger partial charge in [-0.15, -0.1) is 0 Å². The monoisotopic (exact) mass is 187 g/mol. The second kappa shape index (κ2) is 7.76. The molecule has 0 aromatic carbocycles. The van der Waals surface area contributed by atoms with Crippen LogP contribution in [0.1, 0.15) is 6.92 Å². The van der Waals surface area contributed by atoms with Gasteiger partial charge < -0.3 is 14.8 Å². The van der Waals surface area contributed by atoms with Crippen molar-refractivity contribution in [1.29, 1.82) is 0 Å². The number of hydrogen-bond acceptors (Lipinski definition) is 3. The number of carbonyl (C=O) groups excluding carboxylic acids is 1. The number of carbonyl (C=O) groups is 1. The van der Waals surface area contributed by atoms with Crippen LogP contribution in [0.25, 0.3) is 0 Å². The predicted octanol–water partition coefficient (Wildman–Crippen LogP) is 0.340. The summed E-state index contributed by atoms with van der Waals surface area (Å²) in [4.78, 5) is 10.7. The molecule has 76 valence electrons. The first kappa shape index (κ1) is 12.1. The first-order chi connectivity index (χ1) is 6.20. The van der Waals surface area contributed by atoms with Gasteiger partial charge >= 0.3 is 0 Å². The molecule has 1 N–H and O–H groups in total. The third kappa shape index (κ3) is 7.49. The highest BCUT2D eigenvalue weighted by atomic mass is 16.5. The molecule has 0 fully saturated rings. The first-order valence-electron chi connectivity index (χ1n) is 4.21. The number of amides is 1. The maximum Gasteiger partial charge on any atom is 0.243 e. The van der Waals surface area contributed by atoms with Gasteiger partial charge in [-0.25, -0.2) is 0 Å². The largest absolute Gasteiger partial charge is 0.382 e. The minimum Gasteiger partial charge on any atom is -0.382 e. The van der Waals surface area contributed by atoms with E-state index in [1.807, 2.05) is 6.92 Å². The van der Waals surface area contributed by atoms with E-state index in [9.17, 15) is 4.79 Å². The fourth-order valence-corrected chi connectivity index (χ4v) is 0.708. The summed E-state index contributed by atoms with van der Waals surface area (Å²) in [6.45, 7) is 6.84. The summed E-state index contributed by atoms with van der Waals surface area (Å²) in [6, 6.07) is 0. The molecular formula is C9H17NO3. The van der Waals surface area contributed by atoms with E-state index in [0.29, 0.717) is 19.8 Å². The molecule has 0 aliphatic rings. The lowest BCUT2D eigenvalue weighted by atomic mass is 10.4. The molecule has 0 radical (unpaired) electrons. The average molecular weight is 187 g/mol. The van der Waals surface area contributed by atoms with Crippen molar-refractivity contribution >= 4 is 5.91 Å². The average Bonchev–Trinajstić information content (AvgIpc) is 2.14. The quantitative estimate of drug-likeness (QED) is 0.462. The molecule has 1 amide bonds. The minimum absolute atomic E-state index is 0.000880. The SMILES string of the molecule is C=CC(=O)NCC(C)OCCOC. The Morgan fingerprint density at radius 1 is 1.62 bits per heavy atom. The Morgan fingerprint density at radius 2 is 2.31 bits per heavy atom. The van der Waals surface area contributed by atoms with Gasteiger partial charge in [-0.05, 0) is 13.0 Å². The van der Waals surface area contributed by atoms with E-state index in [4.69, 9.17) is 9.47 Å². The molecular weight excluding hydrogens is 170 g/mol. The highest BCUT2D eigenvalue weighted by Crippen LogP contribution is 1.88. The van der Waals surface area contributed by atoms with Crippen molar-refractivity contribution in [3.05, 3.63) is 12.7 Å². The number of ether oxygens (including phenoxy) is 2. The van der Waals surface area contributed by atoms with Crippen LogP contribution in [0.5, 0.6) is 0 Å². The molecule has 0 bridgehead atoms. The van der Waals surface area contributed by atoms with E-state index < -0.39 is 0 Å². The van der Waals surface area contributed by atoms with Crippen molar-refractivity contribution in [2.75, 3.05) is 26.9 Å². The third-order valence-electron chi connectivity index (χ3n) is 1.44. The van der Waals surface area contributed by atoms with Gasteiger partial charge in [-0.3, -0.25) is 4.79 Å². The van der Waals surface area contributed by atoms with Crippen LogP contribution in [-0.2, 0) is 14.3 Å². The van der Waals surface area contributed by atoms with Crippen LogP contribution in [0.15, 0.2) is 12.7 Å². The Balaban J connectivity index is 3.34. The van der Waals surface area contributed by atoms with Crippen LogP contribution in [0.4, 0.5) is 0 Å². The van der Waals surface area contributed by atoms with Gasteiger partial charge in [0.2, 0.25) is 5.91 Å². The lowest BCUT2D eigenvalue weighted by molar-refractivity contribution is -0.117. The topological polar surface area (TPSA) is 47.6 Å². The summed E-state index contributed by atoms with van der Waals surface area (Å²) in [6.07, 6.45) is 1.24. The van der Waals surface area contributed by atoms with E-state index >= 15 is 0 Å². The zero-order valence-electron chi connectivity index (χ0n) is 8.21. The maximum absolute atomic E-state index is 10.7. The molecule has 1 atom stereocenters. The second-order valence-electron chi connectivity index (χ2n) is 2.62. The molecule has 13 heavy (non-hydrogen) atoms. The number of nitrogens with one attached hydrogen (secondary N) is 1. The molecule has 1 unspecified atom stereocenters. The Morgan fingerprint density at radius 3 is 2.85 bits per heavy atom. The molecule has 0 aliphatic carbocycles. The molecule has 0 spiro atoms. The summed E-state index contributed by atoms with van der Waals surface area (Å²) in [7, 11) is 1.62. The van der Waals surface area contributed by atoms with E-state index in [2.05, 4.69) is 11.9 Å². The standard InChI is InChI=1S/C9H17NO3/c1-4-9(11)10-7-8(2)13-6-5-12-3/h4,8H,1,5-7H2,2-3H3,(H,10,11). The molecule has 0 aromatic rings. The van der Waals surface area contributed by atoms with Gasteiger partial charge in [0.1, 0.15) is 0 Å². The van der Waals surface area contributed by atoms with E-state index in [1.165, 1.54) is 6.08 Å². The van der Waals surface area contributed by atoms with Crippen LogP contribution >= 0.6 is 0 Å². The van der Waals surface area contributed by atoms with Crippen molar-refractivity contribution in [1.82, 2.24) is 5.32 Å². The molecule has 0 aliphatic heterocycles. The summed E-state index contributed by atoms with van der Waals surface area (Å²) < 4.78 is 10.1. The normalized spacial score (nSPS) is 12.2. The van der Waals surface area contributed by atoms with Crippen LogP contribution < -0.4 is 5.32 Å². The highest BCUT2D eigenvalue weighted by Gasteiger charge is 2.02. The summed E-state index contributed by atoms with van der Waals surface area (Å²) in [5.41, 5.74) is 0. The highest BCUT2D eigenvalue weighted by molar-refractivity contribution is 5.86. The Labute approximate surface area is 78.9 Å². The Hall–Kier alpha value is -0.870. The summed E-state index contributed by atoms with van der Waals surface area (Å²) >= 11 is 0. The van der Waals surface area contributed by atoms with Crippen LogP contribution in [0.2, 0.25) is 0 Å². The zero-order chi connectivity index (χ0) is 10.1. The molecule has 0 heterocycles. The number of rotatable bonds is 7. The fraction of sp³-hybridized carbons (Fsp3) is 0.667. The third-order valence-corrected chi connectivity index (χ3v) is 1.44. The summed E-state index contributed by atoms with van der Waals surface area (Å²) in [5.74, 6) is -0.179. The molecule has 0 saturated carbocycles. The van der Waals surface area contributed by atoms with E-state index in [1.54, 1.807) is 7.11 Å². The number of hydrogen-bond donors (Lipinski definition) is 1. The first-order valence-corrected chi connectivity index (χ1v) is 4.21. The van der Waals surface area contributed by atoms with Crippen LogP contribution in [0, 0.1) is 0 Å². The minimum atomic E-state index is -0.179. The predicted molar refractivity (Wildman–Crippen MR) is 50.5 cm³/mol. The Kier molecular flexibility index (Phi) is 7.24.